The van der Waals surface area contributed by atoms with Gasteiger partial charge < -0.3 is 14.1 Å². The molecule has 0 unspecified atom stereocenters. The predicted octanol–water partition coefficient (Wildman–Crippen LogP) is 3.97. The number of hydrogen-bond acceptors (Lipinski definition) is 5. The summed E-state index contributed by atoms with van der Waals surface area (Å²) in [5, 5.41) is 0. The van der Waals surface area contributed by atoms with Gasteiger partial charge in [0.1, 0.15) is 6.26 Å². The number of aromatic nitrogens is 1. The van der Waals surface area contributed by atoms with Crippen molar-refractivity contribution < 1.29 is 13.9 Å². The summed E-state index contributed by atoms with van der Waals surface area (Å²) >= 11 is 0. The normalized spacial score (nSPS) is 14.2. The summed E-state index contributed by atoms with van der Waals surface area (Å²) in [5.41, 5.74) is 5.40. The number of amides is 1. The first-order chi connectivity index (χ1) is 15.1. The maximum atomic E-state index is 12.7. The van der Waals surface area contributed by atoms with Crippen LogP contribution in [0.25, 0.3) is 0 Å². The van der Waals surface area contributed by atoms with Gasteiger partial charge in [0.25, 0.3) is 5.91 Å². The van der Waals surface area contributed by atoms with Crippen LogP contribution in [0.3, 0.4) is 0 Å². The summed E-state index contributed by atoms with van der Waals surface area (Å²) in [7, 11) is 0. The van der Waals surface area contributed by atoms with Crippen LogP contribution in [0.15, 0.2) is 59.2 Å². The highest BCUT2D eigenvalue weighted by molar-refractivity contribution is 5.92. The SMILES string of the molecule is Cc1ccc(CN(Cc2ccccc2)Cc2nc(C(=O)N3CCOCC3)co2)c(C)c1. The van der Waals surface area contributed by atoms with E-state index in [9.17, 15) is 4.79 Å². The molecule has 2 heterocycles. The van der Waals surface area contributed by atoms with Gasteiger partial charge in [0, 0.05) is 26.2 Å². The fourth-order valence-electron chi connectivity index (χ4n) is 3.87. The fourth-order valence-corrected chi connectivity index (χ4v) is 3.87. The van der Waals surface area contributed by atoms with E-state index in [0.29, 0.717) is 44.4 Å². The van der Waals surface area contributed by atoms with Crippen LogP contribution in [-0.4, -0.2) is 47.0 Å². The zero-order valence-corrected chi connectivity index (χ0v) is 18.2. The summed E-state index contributed by atoms with van der Waals surface area (Å²) in [6, 6.07) is 16.9. The molecule has 1 saturated heterocycles. The first-order valence-corrected chi connectivity index (χ1v) is 10.7. The maximum Gasteiger partial charge on any atom is 0.275 e. The summed E-state index contributed by atoms with van der Waals surface area (Å²) in [6.07, 6.45) is 1.48. The molecule has 0 bridgehead atoms. The third kappa shape index (κ3) is 5.60. The van der Waals surface area contributed by atoms with Crippen LogP contribution < -0.4 is 0 Å². The Balaban J connectivity index is 1.50. The number of oxazole rings is 1. The van der Waals surface area contributed by atoms with Crippen molar-refractivity contribution in [1.82, 2.24) is 14.8 Å². The number of benzene rings is 2. The van der Waals surface area contributed by atoms with Crippen LogP contribution in [0.2, 0.25) is 0 Å². The van der Waals surface area contributed by atoms with E-state index >= 15 is 0 Å². The lowest BCUT2D eigenvalue weighted by Gasteiger charge is -2.25. The average Bonchev–Trinajstić information content (AvgIpc) is 3.25. The Hall–Kier alpha value is -2.96. The molecule has 3 aromatic rings. The second kappa shape index (κ2) is 9.90. The molecule has 1 amide bonds. The minimum atomic E-state index is -0.0951. The minimum Gasteiger partial charge on any atom is -0.447 e. The van der Waals surface area contributed by atoms with Crippen LogP contribution in [-0.2, 0) is 24.4 Å². The molecule has 1 fully saturated rings. The molecule has 0 radical (unpaired) electrons. The Labute approximate surface area is 183 Å². The number of rotatable bonds is 7. The molecule has 6 nitrogen and oxygen atoms in total. The van der Waals surface area contributed by atoms with Gasteiger partial charge in [-0.15, -0.1) is 0 Å². The van der Waals surface area contributed by atoms with Crippen LogP contribution in [0.1, 0.15) is 38.6 Å². The van der Waals surface area contributed by atoms with Crippen molar-refractivity contribution >= 4 is 5.91 Å². The van der Waals surface area contributed by atoms with Crippen molar-refractivity contribution in [3.8, 4) is 0 Å². The molecule has 2 aromatic carbocycles. The van der Waals surface area contributed by atoms with Crippen molar-refractivity contribution in [2.24, 2.45) is 0 Å². The Morgan fingerprint density at radius 1 is 1.03 bits per heavy atom. The molecule has 0 N–H and O–H groups in total. The third-order valence-electron chi connectivity index (χ3n) is 5.57. The molecule has 31 heavy (non-hydrogen) atoms. The highest BCUT2D eigenvalue weighted by Crippen LogP contribution is 2.18. The molecule has 0 saturated carbocycles. The van der Waals surface area contributed by atoms with E-state index in [1.165, 1.54) is 28.5 Å². The summed E-state index contributed by atoms with van der Waals surface area (Å²) in [6.45, 7) is 8.64. The van der Waals surface area contributed by atoms with E-state index in [4.69, 9.17) is 9.15 Å². The smallest absolute Gasteiger partial charge is 0.275 e. The van der Waals surface area contributed by atoms with Crippen molar-refractivity contribution in [1.29, 1.82) is 0 Å². The van der Waals surface area contributed by atoms with Gasteiger partial charge in [-0.25, -0.2) is 4.98 Å². The summed E-state index contributed by atoms with van der Waals surface area (Å²) in [4.78, 5) is 21.3. The second-order valence-electron chi connectivity index (χ2n) is 8.09. The molecule has 0 atom stereocenters. The van der Waals surface area contributed by atoms with Gasteiger partial charge in [-0.05, 0) is 30.5 Å². The molecule has 6 heteroatoms. The van der Waals surface area contributed by atoms with Gasteiger partial charge >= 0.3 is 0 Å². The first-order valence-electron chi connectivity index (χ1n) is 10.7. The van der Waals surface area contributed by atoms with Crippen LogP contribution in [0.4, 0.5) is 0 Å². The molecule has 0 spiro atoms. The second-order valence-corrected chi connectivity index (χ2v) is 8.09. The van der Waals surface area contributed by atoms with Crippen molar-refractivity contribution in [2.75, 3.05) is 26.3 Å². The number of carbonyl (C=O) groups is 1. The highest BCUT2D eigenvalue weighted by Gasteiger charge is 2.22. The number of nitrogens with zero attached hydrogens (tertiary/aromatic N) is 3. The molecule has 1 aliphatic rings. The van der Waals surface area contributed by atoms with E-state index in [-0.39, 0.29) is 5.91 Å². The molecule has 162 valence electrons. The van der Waals surface area contributed by atoms with Crippen LogP contribution >= 0.6 is 0 Å². The predicted molar refractivity (Wildman–Crippen MR) is 119 cm³/mol. The Bertz CT molecular complexity index is 1010. The number of hydrogen-bond donors (Lipinski definition) is 0. The quantitative estimate of drug-likeness (QED) is 0.580. The number of morpholine rings is 1. The first kappa shape index (κ1) is 21.3. The monoisotopic (exact) mass is 419 g/mol. The van der Waals surface area contributed by atoms with Crippen LogP contribution in [0.5, 0.6) is 0 Å². The third-order valence-corrected chi connectivity index (χ3v) is 5.57. The lowest BCUT2D eigenvalue weighted by molar-refractivity contribution is 0.0299. The molecule has 4 rings (SSSR count). The molecular formula is C25H29N3O3. The van der Waals surface area contributed by atoms with Crippen molar-refractivity contribution in [3.63, 3.8) is 0 Å². The Morgan fingerprint density at radius 3 is 2.55 bits per heavy atom. The zero-order valence-electron chi connectivity index (χ0n) is 18.2. The van der Waals surface area contributed by atoms with Gasteiger partial charge in [0.15, 0.2) is 5.69 Å². The lowest BCUT2D eigenvalue weighted by Crippen LogP contribution is -2.40. The van der Waals surface area contributed by atoms with Gasteiger partial charge in [0.05, 0.1) is 19.8 Å². The number of ether oxygens (including phenoxy) is 1. The molecular weight excluding hydrogens is 390 g/mol. The topological polar surface area (TPSA) is 58.8 Å². The Kier molecular flexibility index (Phi) is 6.79. The van der Waals surface area contributed by atoms with E-state index < -0.39 is 0 Å². The lowest BCUT2D eigenvalue weighted by atomic mass is 10.0. The number of aryl methyl sites for hydroxylation is 2. The zero-order chi connectivity index (χ0) is 21.6. The molecule has 0 aliphatic carbocycles. The van der Waals surface area contributed by atoms with Crippen LogP contribution in [0, 0.1) is 13.8 Å². The minimum absolute atomic E-state index is 0.0951. The van der Waals surface area contributed by atoms with Gasteiger partial charge in [-0.1, -0.05) is 54.1 Å². The fraction of sp³-hybridized carbons (Fsp3) is 0.360. The van der Waals surface area contributed by atoms with E-state index in [0.717, 1.165) is 13.1 Å². The van der Waals surface area contributed by atoms with Gasteiger partial charge in [0.2, 0.25) is 5.89 Å². The average molecular weight is 420 g/mol. The summed E-state index contributed by atoms with van der Waals surface area (Å²) in [5.74, 6) is 0.458. The molecule has 1 aromatic heterocycles. The molecule has 1 aliphatic heterocycles. The van der Waals surface area contributed by atoms with E-state index in [2.05, 4.69) is 66.2 Å². The van der Waals surface area contributed by atoms with Gasteiger partial charge in [-0.2, -0.15) is 0 Å². The van der Waals surface area contributed by atoms with E-state index in [1.54, 1.807) is 4.90 Å². The Morgan fingerprint density at radius 2 is 1.81 bits per heavy atom. The van der Waals surface area contributed by atoms with Crippen molar-refractivity contribution in [2.45, 2.75) is 33.5 Å². The number of carbonyl (C=O) groups excluding carboxylic acids is 1. The highest BCUT2D eigenvalue weighted by atomic mass is 16.5. The van der Waals surface area contributed by atoms with Gasteiger partial charge in [-0.3, -0.25) is 9.69 Å². The summed E-state index contributed by atoms with van der Waals surface area (Å²) < 4.78 is 11.0. The standard InChI is InChI=1S/C25H29N3O3/c1-19-8-9-22(20(2)14-19)16-27(15-21-6-4-3-5-7-21)17-24-26-23(18-31-24)25(29)28-10-12-30-13-11-28/h3-9,14,18H,10-13,15-17H2,1-2H3. The van der Waals surface area contributed by atoms with Crippen molar-refractivity contribution in [3.05, 3.63) is 88.6 Å². The van der Waals surface area contributed by atoms with E-state index in [1.807, 2.05) is 6.07 Å². The largest absolute Gasteiger partial charge is 0.447 e. The maximum absolute atomic E-state index is 12.7.